The zero-order chi connectivity index (χ0) is 20.4. The van der Waals surface area contributed by atoms with Gasteiger partial charge in [0.1, 0.15) is 0 Å². The Balaban J connectivity index is 2.33. The minimum atomic E-state index is -0.493. The maximum atomic E-state index is 13.1. The number of benzene rings is 1. The molecule has 0 aliphatic heterocycles. The van der Waals surface area contributed by atoms with E-state index in [1.165, 1.54) is 0 Å². The Morgan fingerprint density at radius 1 is 1.14 bits per heavy atom. The Bertz CT molecular complexity index is 1050. The lowest BCUT2D eigenvalue weighted by Crippen LogP contribution is -2.12. The smallest absolute Gasteiger partial charge is 0.250 e. The summed E-state index contributed by atoms with van der Waals surface area (Å²) in [4.78, 5) is 24.8. The number of pyridine rings is 1. The fourth-order valence-electron chi connectivity index (χ4n) is 3.61. The van der Waals surface area contributed by atoms with E-state index in [0.717, 1.165) is 40.7 Å². The summed E-state index contributed by atoms with van der Waals surface area (Å²) in [7, 11) is 0. The van der Waals surface area contributed by atoms with Gasteiger partial charge >= 0.3 is 0 Å². The van der Waals surface area contributed by atoms with Gasteiger partial charge < -0.3 is 10.1 Å². The summed E-state index contributed by atoms with van der Waals surface area (Å²) < 4.78 is 1.95. The SMILES string of the molecule is CCCc1c(C(=O)C(C)C)c2ccc(C(N)=O)cn2c1Cc1ccccc1Cl. The van der Waals surface area contributed by atoms with Gasteiger partial charge in [-0.1, -0.05) is 57.0 Å². The van der Waals surface area contributed by atoms with E-state index < -0.39 is 5.91 Å². The summed E-state index contributed by atoms with van der Waals surface area (Å²) in [5.41, 5.74) is 10.5. The zero-order valence-electron chi connectivity index (χ0n) is 16.5. The highest BCUT2D eigenvalue weighted by Gasteiger charge is 2.25. The molecule has 0 bridgehead atoms. The van der Waals surface area contributed by atoms with E-state index in [1.54, 1.807) is 12.3 Å². The van der Waals surface area contributed by atoms with E-state index in [2.05, 4.69) is 6.92 Å². The predicted octanol–water partition coefficient (Wildman–Crippen LogP) is 5.07. The number of hydrogen-bond donors (Lipinski definition) is 1. The number of hydrogen-bond acceptors (Lipinski definition) is 2. The number of Topliss-reactive ketones (excluding diaryl/α,β-unsaturated/α-hetero) is 1. The largest absolute Gasteiger partial charge is 0.366 e. The van der Waals surface area contributed by atoms with Crippen molar-refractivity contribution >= 4 is 28.8 Å². The normalized spacial score (nSPS) is 11.3. The van der Waals surface area contributed by atoms with Crippen molar-refractivity contribution < 1.29 is 9.59 Å². The number of nitrogens with two attached hydrogens (primary N) is 1. The summed E-state index contributed by atoms with van der Waals surface area (Å²) in [6.07, 6.45) is 4.00. The quantitative estimate of drug-likeness (QED) is 0.566. The van der Waals surface area contributed by atoms with Crippen LogP contribution < -0.4 is 5.73 Å². The summed E-state index contributed by atoms with van der Waals surface area (Å²) in [5.74, 6) is -0.503. The number of rotatable bonds is 7. The molecule has 4 nitrogen and oxygen atoms in total. The van der Waals surface area contributed by atoms with Gasteiger partial charge in [0.2, 0.25) is 5.91 Å². The van der Waals surface area contributed by atoms with Gasteiger partial charge in [0.05, 0.1) is 11.1 Å². The highest BCUT2D eigenvalue weighted by Crippen LogP contribution is 2.31. The van der Waals surface area contributed by atoms with E-state index in [0.29, 0.717) is 17.0 Å². The minimum Gasteiger partial charge on any atom is -0.366 e. The highest BCUT2D eigenvalue weighted by atomic mass is 35.5. The van der Waals surface area contributed by atoms with Crippen LogP contribution in [0.1, 0.15) is 64.7 Å². The molecule has 0 radical (unpaired) electrons. The molecule has 0 aliphatic rings. The van der Waals surface area contributed by atoms with Gasteiger partial charge in [-0.25, -0.2) is 0 Å². The standard InChI is InChI=1S/C23H25ClN2O2/c1-4-7-17-20(12-15-8-5-6-9-18(15)24)26-13-16(23(25)28)10-11-19(26)21(17)22(27)14(2)3/h5-6,8-11,13-14H,4,7,12H2,1-3H3,(H2,25,28). The molecule has 0 aliphatic carbocycles. The van der Waals surface area contributed by atoms with Gasteiger partial charge in [0, 0.05) is 34.8 Å². The van der Waals surface area contributed by atoms with E-state index in [9.17, 15) is 9.59 Å². The third-order valence-electron chi connectivity index (χ3n) is 5.02. The summed E-state index contributed by atoms with van der Waals surface area (Å²) in [5, 5.41) is 0.683. The van der Waals surface area contributed by atoms with Gasteiger partial charge in [-0.2, -0.15) is 0 Å². The van der Waals surface area contributed by atoms with Crippen LogP contribution in [0.3, 0.4) is 0 Å². The first-order chi connectivity index (χ1) is 13.3. The second-order valence-electron chi connectivity index (χ2n) is 7.37. The number of halogens is 1. The van der Waals surface area contributed by atoms with Crippen molar-refractivity contribution in [1.29, 1.82) is 0 Å². The molecule has 0 saturated heterocycles. The van der Waals surface area contributed by atoms with Crippen LogP contribution in [0.4, 0.5) is 0 Å². The van der Waals surface area contributed by atoms with E-state index in [4.69, 9.17) is 17.3 Å². The van der Waals surface area contributed by atoms with Crippen LogP contribution in [0.15, 0.2) is 42.6 Å². The third-order valence-corrected chi connectivity index (χ3v) is 5.39. The van der Waals surface area contributed by atoms with Gasteiger partial charge in [0.25, 0.3) is 0 Å². The van der Waals surface area contributed by atoms with Crippen molar-refractivity contribution in [2.75, 3.05) is 0 Å². The number of aromatic nitrogens is 1. The summed E-state index contributed by atoms with van der Waals surface area (Å²) >= 11 is 6.41. The topological polar surface area (TPSA) is 64.6 Å². The van der Waals surface area contributed by atoms with Crippen molar-refractivity contribution in [2.24, 2.45) is 11.7 Å². The Morgan fingerprint density at radius 2 is 1.86 bits per heavy atom. The zero-order valence-corrected chi connectivity index (χ0v) is 17.2. The molecule has 2 heterocycles. The first kappa shape index (κ1) is 20.2. The average molecular weight is 397 g/mol. The first-order valence-electron chi connectivity index (χ1n) is 9.58. The lowest BCUT2D eigenvalue weighted by Gasteiger charge is -2.10. The first-order valence-corrected chi connectivity index (χ1v) is 9.96. The number of nitrogens with zero attached hydrogens (tertiary/aromatic N) is 1. The lowest BCUT2D eigenvalue weighted by molar-refractivity contribution is 0.0939. The molecule has 1 aromatic carbocycles. The molecular formula is C23H25ClN2O2. The summed E-state index contributed by atoms with van der Waals surface area (Å²) in [6, 6.07) is 11.2. The fourth-order valence-corrected chi connectivity index (χ4v) is 3.82. The van der Waals surface area contributed by atoms with E-state index in [1.807, 2.05) is 48.6 Å². The molecule has 2 aromatic heterocycles. The van der Waals surface area contributed by atoms with Gasteiger partial charge in [-0.05, 0) is 35.7 Å². The number of fused-ring (bicyclic) bond motifs is 1. The lowest BCUT2D eigenvalue weighted by atomic mass is 9.94. The number of carbonyl (C=O) groups is 2. The van der Waals surface area contributed by atoms with Crippen LogP contribution in [-0.4, -0.2) is 16.1 Å². The maximum absolute atomic E-state index is 13.1. The monoisotopic (exact) mass is 396 g/mol. The third kappa shape index (κ3) is 3.69. The molecule has 0 atom stereocenters. The van der Waals surface area contributed by atoms with Gasteiger partial charge in [0.15, 0.2) is 5.78 Å². The number of primary amides is 1. The molecule has 146 valence electrons. The maximum Gasteiger partial charge on any atom is 0.250 e. The molecule has 0 saturated carbocycles. The Hall–Kier alpha value is -2.59. The highest BCUT2D eigenvalue weighted by molar-refractivity contribution is 6.31. The Kier molecular flexibility index (Phi) is 5.90. The Labute approximate surface area is 170 Å². The van der Waals surface area contributed by atoms with Crippen LogP contribution in [0.2, 0.25) is 5.02 Å². The molecule has 0 spiro atoms. The molecule has 3 aromatic rings. The van der Waals surface area contributed by atoms with Crippen molar-refractivity contribution in [3.63, 3.8) is 0 Å². The van der Waals surface area contributed by atoms with Crippen LogP contribution in [0, 0.1) is 5.92 Å². The van der Waals surface area contributed by atoms with E-state index in [-0.39, 0.29) is 11.7 Å². The van der Waals surface area contributed by atoms with Crippen LogP contribution in [-0.2, 0) is 12.8 Å². The van der Waals surface area contributed by atoms with Crippen LogP contribution in [0.25, 0.3) is 5.52 Å². The second kappa shape index (κ2) is 8.19. The van der Waals surface area contributed by atoms with Gasteiger partial charge in [-0.15, -0.1) is 0 Å². The van der Waals surface area contributed by atoms with Crippen LogP contribution >= 0.6 is 11.6 Å². The molecular weight excluding hydrogens is 372 g/mol. The van der Waals surface area contributed by atoms with E-state index >= 15 is 0 Å². The molecule has 3 rings (SSSR count). The van der Waals surface area contributed by atoms with Crippen LogP contribution in [0.5, 0.6) is 0 Å². The second-order valence-corrected chi connectivity index (χ2v) is 7.78. The summed E-state index contributed by atoms with van der Waals surface area (Å²) in [6.45, 7) is 5.92. The molecule has 5 heteroatoms. The van der Waals surface area contributed by atoms with Crippen molar-refractivity contribution in [1.82, 2.24) is 4.40 Å². The molecule has 28 heavy (non-hydrogen) atoms. The molecule has 1 amide bonds. The Morgan fingerprint density at radius 3 is 2.46 bits per heavy atom. The minimum absolute atomic E-state index is 0.109. The molecule has 0 unspecified atom stereocenters. The van der Waals surface area contributed by atoms with Gasteiger partial charge in [-0.3, -0.25) is 9.59 Å². The predicted molar refractivity (Wildman–Crippen MR) is 113 cm³/mol. The van der Waals surface area contributed by atoms with Crippen molar-refractivity contribution in [2.45, 2.75) is 40.0 Å². The molecule has 2 N–H and O–H groups in total. The molecule has 0 fully saturated rings. The average Bonchev–Trinajstić information content (AvgIpc) is 2.95. The number of amides is 1. The van der Waals surface area contributed by atoms with Crippen molar-refractivity contribution in [3.8, 4) is 0 Å². The number of carbonyl (C=O) groups excluding carboxylic acids is 2. The number of ketones is 1. The van der Waals surface area contributed by atoms with Crippen molar-refractivity contribution in [3.05, 3.63) is 75.6 Å². The fraction of sp³-hybridized carbons (Fsp3) is 0.304.